The zero-order chi connectivity index (χ0) is 11.5. The van der Waals surface area contributed by atoms with Crippen LogP contribution in [0.3, 0.4) is 0 Å². The molecule has 0 atom stereocenters. The van der Waals surface area contributed by atoms with Gasteiger partial charge in [-0.1, -0.05) is 13.8 Å². The number of thioether (sulfide) groups is 1. The Morgan fingerprint density at radius 3 is 1.93 bits per heavy atom. The molecule has 1 aliphatic heterocycles. The molecule has 1 aromatic rings. The third-order valence-corrected chi connectivity index (χ3v) is 2.81. The monoisotopic (exact) mass is 229 g/mol. The lowest BCUT2D eigenvalue weighted by molar-refractivity contribution is 0.372. The number of hydrogen-bond donors (Lipinski definition) is 0. The van der Waals surface area contributed by atoms with Gasteiger partial charge in [-0.25, -0.2) is 0 Å². The molecule has 0 unspecified atom stereocenters. The molecule has 1 aromatic heterocycles. The highest BCUT2D eigenvalue weighted by Gasteiger charge is 2.02. The first-order valence-corrected chi connectivity index (χ1v) is 6.64. The first kappa shape index (κ1) is 14.5. The highest BCUT2D eigenvalue weighted by Crippen LogP contribution is 2.05. The van der Waals surface area contributed by atoms with Crippen molar-refractivity contribution >= 4 is 11.8 Å². The van der Waals surface area contributed by atoms with E-state index in [2.05, 4.69) is 28.8 Å². The molecule has 88 valence electrons. The molecule has 2 rings (SSSR count). The maximum absolute atomic E-state index is 3.83. The Labute approximate surface area is 97.8 Å². The summed E-state index contributed by atoms with van der Waals surface area (Å²) in [5.74, 6) is 2.66. The van der Waals surface area contributed by atoms with Gasteiger partial charge < -0.3 is 4.90 Å². The van der Waals surface area contributed by atoms with Gasteiger partial charge in [0.05, 0.1) is 0 Å². The van der Waals surface area contributed by atoms with Gasteiger partial charge in [0.15, 0.2) is 0 Å². The Bertz CT molecular complexity index is 206. The maximum Gasteiger partial charge on any atom is 0.0489 e. The summed E-state index contributed by atoms with van der Waals surface area (Å²) in [7, 11) is 4.07. The summed E-state index contributed by atoms with van der Waals surface area (Å²) >= 11 is 2.06. The van der Waals surface area contributed by atoms with E-state index in [1.165, 1.54) is 24.6 Å². The van der Waals surface area contributed by atoms with Crippen LogP contribution in [0.5, 0.6) is 0 Å². The maximum atomic E-state index is 3.83. The second-order valence-electron chi connectivity index (χ2n) is 3.10. The second-order valence-corrected chi connectivity index (χ2v) is 4.32. The van der Waals surface area contributed by atoms with E-state index in [0.717, 1.165) is 0 Å². The van der Waals surface area contributed by atoms with Crippen molar-refractivity contribution in [3.8, 4) is 0 Å². The van der Waals surface area contributed by atoms with Crippen molar-refractivity contribution in [3.05, 3.63) is 18.5 Å². The molecule has 0 saturated carbocycles. The first-order valence-electron chi connectivity index (χ1n) is 5.49. The third-order valence-electron chi connectivity index (χ3n) is 1.87. The number of aryl methyl sites for hydroxylation is 1. The van der Waals surface area contributed by atoms with Crippen molar-refractivity contribution in [1.82, 2.24) is 14.7 Å². The summed E-state index contributed by atoms with van der Waals surface area (Å²) in [4.78, 5) is 2.37. The Hall–Kier alpha value is -0.480. The lowest BCUT2D eigenvalue weighted by Gasteiger charge is -2.20. The van der Waals surface area contributed by atoms with Crippen LogP contribution >= 0.6 is 11.8 Å². The van der Waals surface area contributed by atoms with Crippen LogP contribution in [0, 0.1) is 0 Å². The van der Waals surface area contributed by atoms with Crippen molar-refractivity contribution in [2.45, 2.75) is 13.8 Å². The molecule has 0 N–H and O–H groups in total. The van der Waals surface area contributed by atoms with E-state index in [4.69, 9.17) is 0 Å². The Morgan fingerprint density at radius 2 is 1.73 bits per heavy atom. The summed E-state index contributed by atoms with van der Waals surface area (Å²) in [6.07, 6.45) is 3.64. The number of nitrogens with zero attached hydrogens (tertiary/aromatic N) is 3. The summed E-state index contributed by atoms with van der Waals surface area (Å²) in [5, 5.41) is 3.83. The fraction of sp³-hybridized carbons (Fsp3) is 0.727. The topological polar surface area (TPSA) is 21.1 Å². The van der Waals surface area contributed by atoms with Crippen LogP contribution in [0.15, 0.2) is 18.5 Å². The fourth-order valence-corrected chi connectivity index (χ4v) is 2.09. The summed E-state index contributed by atoms with van der Waals surface area (Å²) in [6.45, 7) is 6.56. The van der Waals surface area contributed by atoms with Crippen molar-refractivity contribution in [2.75, 3.05) is 31.6 Å². The molecular formula is C11H23N3S. The molecule has 3 nitrogen and oxygen atoms in total. The van der Waals surface area contributed by atoms with Gasteiger partial charge in [0, 0.05) is 44.0 Å². The van der Waals surface area contributed by atoms with Gasteiger partial charge >= 0.3 is 0 Å². The van der Waals surface area contributed by atoms with E-state index in [0.29, 0.717) is 0 Å². The number of rotatable bonds is 0. The minimum Gasteiger partial charge on any atom is -0.305 e. The van der Waals surface area contributed by atoms with Crippen LogP contribution in [0.4, 0.5) is 0 Å². The van der Waals surface area contributed by atoms with Gasteiger partial charge in [-0.2, -0.15) is 16.9 Å². The molecule has 1 aliphatic rings. The van der Waals surface area contributed by atoms with Crippen molar-refractivity contribution in [1.29, 1.82) is 0 Å². The second kappa shape index (κ2) is 10.1. The smallest absolute Gasteiger partial charge is 0.0489 e. The normalized spacial score (nSPS) is 15.7. The van der Waals surface area contributed by atoms with E-state index in [1.807, 2.05) is 33.2 Å². The van der Waals surface area contributed by atoms with Crippen LogP contribution in [0.1, 0.15) is 13.8 Å². The fourth-order valence-electron chi connectivity index (χ4n) is 1.000. The SMILES string of the molecule is CC.CN1CCSCC1.Cn1cccn1. The molecule has 0 amide bonds. The molecule has 15 heavy (non-hydrogen) atoms. The molecule has 1 fully saturated rings. The van der Waals surface area contributed by atoms with Gasteiger partial charge in [-0.15, -0.1) is 0 Å². The lowest BCUT2D eigenvalue weighted by atomic mass is 10.6. The molecule has 0 bridgehead atoms. The first-order chi connectivity index (χ1) is 7.29. The van der Waals surface area contributed by atoms with Crippen LogP contribution in [-0.4, -0.2) is 46.3 Å². The number of aromatic nitrogens is 2. The highest BCUT2D eigenvalue weighted by molar-refractivity contribution is 7.99. The van der Waals surface area contributed by atoms with Crippen molar-refractivity contribution < 1.29 is 0 Å². The predicted molar refractivity (Wildman–Crippen MR) is 69.4 cm³/mol. The lowest BCUT2D eigenvalue weighted by Crippen LogP contribution is -2.28. The molecular weight excluding hydrogens is 206 g/mol. The van der Waals surface area contributed by atoms with E-state index < -0.39 is 0 Å². The van der Waals surface area contributed by atoms with E-state index >= 15 is 0 Å². The Morgan fingerprint density at radius 1 is 1.13 bits per heavy atom. The van der Waals surface area contributed by atoms with Gasteiger partial charge in [-0.3, -0.25) is 4.68 Å². The van der Waals surface area contributed by atoms with Gasteiger partial charge in [0.2, 0.25) is 0 Å². The summed E-state index contributed by atoms with van der Waals surface area (Å²) < 4.78 is 1.75. The average molecular weight is 229 g/mol. The predicted octanol–water partition coefficient (Wildman–Crippen LogP) is 2.11. The molecule has 0 spiro atoms. The molecule has 0 radical (unpaired) electrons. The van der Waals surface area contributed by atoms with Gasteiger partial charge in [0.1, 0.15) is 0 Å². The standard InChI is InChI=1S/C5H11NS.C4H6N2.C2H6/c1-6-2-4-7-5-3-6;1-6-4-2-3-5-6;1-2/h2-5H2,1H3;2-4H,1H3;1-2H3. The van der Waals surface area contributed by atoms with Gasteiger partial charge in [-0.05, 0) is 13.1 Å². The van der Waals surface area contributed by atoms with Crippen LogP contribution in [0.2, 0.25) is 0 Å². The largest absolute Gasteiger partial charge is 0.305 e. The highest BCUT2D eigenvalue weighted by atomic mass is 32.2. The van der Waals surface area contributed by atoms with E-state index in [-0.39, 0.29) is 0 Å². The van der Waals surface area contributed by atoms with E-state index in [9.17, 15) is 0 Å². The minimum absolute atomic E-state index is 1.28. The molecule has 4 heteroatoms. The zero-order valence-electron chi connectivity index (χ0n) is 10.3. The Kier molecular flexibility index (Phi) is 9.73. The van der Waals surface area contributed by atoms with Crippen LogP contribution in [-0.2, 0) is 7.05 Å². The minimum atomic E-state index is 1.28. The Balaban J connectivity index is 0.000000227. The van der Waals surface area contributed by atoms with Crippen LogP contribution in [0.25, 0.3) is 0 Å². The summed E-state index contributed by atoms with van der Waals surface area (Å²) in [5.41, 5.74) is 0. The third kappa shape index (κ3) is 8.51. The average Bonchev–Trinajstić information content (AvgIpc) is 2.74. The zero-order valence-corrected chi connectivity index (χ0v) is 11.1. The molecule has 2 heterocycles. The van der Waals surface area contributed by atoms with Crippen molar-refractivity contribution in [3.63, 3.8) is 0 Å². The van der Waals surface area contributed by atoms with Gasteiger partial charge in [0.25, 0.3) is 0 Å². The van der Waals surface area contributed by atoms with Crippen LogP contribution < -0.4 is 0 Å². The van der Waals surface area contributed by atoms with Crippen molar-refractivity contribution in [2.24, 2.45) is 7.05 Å². The molecule has 1 saturated heterocycles. The molecule has 0 aromatic carbocycles. The quantitative estimate of drug-likeness (QED) is 0.680. The number of hydrogen-bond acceptors (Lipinski definition) is 3. The summed E-state index contributed by atoms with van der Waals surface area (Å²) in [6, 6.07) is 1.89. The van der Waals surface area contributed by atoms with E-state index in [1.54, 1.807) is 10.9 Å². The molecule has 0 aliphatic carbocycles.